The molecular formula is C25H21Br2N3O4. The van der Waals surface area contributed by atoms with Gasteiger partial charge in [0.25, 0.3) is 0 Å². The molecule has 0 radical (unpaired) electrons. The number of nitrogens with zero attached hydrogens (tertiary/aromatic N) is 2. The van der Waals surface area contributed by atoms with Crippen LogP contribution in [0.2, 0.25) is 0 Å². The van der Waals surface area contributed by atoms with Gasteiger partial charge in [-0.3, -0.25) is 4.79 Å². The van der Waals surface area contributed by atoms with Crippen molar-refractivity contribution in [2.45, 2.75) is 20.5 Å². The van der Waals surface area contributed by atoms with E-state index in [-0.39, 0.29) is 18.1 Å². The quantitative estimate of drug-likeness (QED) is 0.197. The van der Waals surface area contributed by atoms with Crippen LogP contribution in [0.4, 0.5) is 0 Å². The molecule has 0 fully saturated rings. The fourth-order valence-electron chi connectivity index (χ4n) is 3.38. The molecule has 0 atom stereocenters. The Bertz CT molecular complexity index is 1310. The van der Waals surface area contributed by atoms with Crippen molar-refractivity contribution in [2.75, 3.05) is 0 Å². The Morgan fingerprint density at radius 2 is 1.71 bits per heavy atom. The lowest BCUT2D eigenvalue weighted by Crippen LogP contribution is -2.16. The third-order valence-corrected chi connectivity index (χ3v) is 6.26. The van der Waals surface area contributed by atoms with Crippen molar-refractivity contribution >= 4 is 44.0 Å². The number of furan rings is 1. The number of carbonyl (C=O) groups excluding carboxylic acids is 1. The average molecular weight is 587 g/mol. The maximum atomic E-state index is 12.3. The number of carbonyl (C=O) groups is 1. The first-order valence-electron chi connectivity index (χ1n) is 10.3. The summed E-state index contributed by atoms with van der Waals surface area (Å²) in [6.45, 7) is 4.32. The van der Waals surface area contributed by atoms with Gasteiger partial charge < -0.3 is 18.8 Å². The van der Waals surface area contributed by atoms with Crippen molar-refractivity contribution in [3.63, 3.8) is 0 Å². The maximum absolute atomic E-state index is 12.3. The highest BCUT2D eigenvalue weighted by atomic mass is 79.9. The van der Waals surface area contributed by atoms with Gasteiger partial charge >= 0.3 is 5.91 Å². The van der Waals surface area contributed by atoms with Gasteiger partial charge in [-0.1, -0.05) is 0 Å². The van der Waals surface area contributed by atoms with Gasteiger partial charge in [-0.05, 0) is 112 Å². The van der Waals surface area contributed by atoms with Crippen molar-refractivity contribution < 1.29 is 19.1 Å². The second-order valence-electron chi connectivity index (χ2n) is 7.53. The van der Waals surface area contributed by atoms with Crippen molar-refractivity contribution in [2.24, 2.45) is 5.10 Å². The number of amides is 1. The van der Waals surface area contributed by atoms with E-state index >= 15 is 0 Å². The molecule has 1 amide bonds. The first-order chi connectivity index (χ1) is 16.3. The smallest absolute Gasteiger partial charge is 0.307 e. The van der Waals surface area contributed by atoms with E-state index in [0.717, 1.165) is 5.69 Å². The van der Waals surface area contributed by atoms with E-state index in [9.17, 15) is 9.90 Å². The zero-order valence-electron chi connectivity index (χ0n) is 18.4. The Kier molecular flexibility index (Phi) is 7.23. The van der Waals surface area contributed by atoms with Crippen molar-refractivity contribution in [3.05, 3.63) is 98.1 Å². The molecule has 0 aliphatic heterocycles. The summed E-state index contributed by atoms with van der Waals surface area (Å²) in [5.74, 6) is 0.943. The lowest BCUT2D eigenvalue weighted by Gasteiger charge is -2.10. The number of aromatic hydroxyl groups is 1. The fraction of sp³-hybridized carbons (Fsp3) is 0.120. The summed E-state index contributed by atoms with van der Waals surface area (Å²) in [5, 5.41) is 13.7. The van der Waals surface area contributed by atoms with Crippen LogP contribution in [0.1, 0.15) is 33.3 Å². The molecular weight excluding hydrogens is 566 g/mol. The highest BCUT2D eigenvalue weighted by Crippen LogP contribution is 2.32. The first-order valence-corrected chi connectivity index (χ1v) is 11.9. The van der Waals surface area contributed by atoms with Crippen LogP contribution in [-0.2, 0) is 6.61 Å². The Morgan fingerprint density at radius 3 is 2.35 bits per heavy atom. The number of halogens is 2. The molecule has 0 unspecified atom stereocenters. The monoisotopic (exact) mass is 585 g/mol. The van der Waals surface area contributed by atoms with Crippen molar-refractivity contribution in [1.29, 1.82) is 0 Å². The van der Waals surface area contributed by atoms with Gasteiger partial charge in [-0.25, -0.2) is 5.43 Å². The molecule has 174 valence electrons. The number of hydrogen-bond acceptors (Lipinski definition) is 5. The number of phenols is 1. The van der Waals surface area contributed by atoms with Crippen LogP contribution >= 0.6 is 31.9 Å². The second-order valence-corrected chi connectivity index (χ2v) is 9.24. The number of hydrazone groups is 1. The predicted molar refractivity (Wildman–Crippen MR) is 137 cm³/mol. The van der Waals surface area contributed by atoms with Crippen molar-refractivity contribution in [3.8, 4) is 17.2 Å². The molecule has 2 aromatic heterocycles. The Morgan fingerprint density at radius 1 is 1.06 bits per heavy atom. The lowest BCUT2D eigenvalue weighted by molar-refractivity contribution is 0.0923. The highest BCUT2D eigenvalue weighted by Gasteiger charge is 2.11. The zero-order chi connectivity index (χ0) is 24.2. The van der Waals surface area contributed by atoms with E-state index in [1.54, 1.807) is 24.3 Å². The second kappa shape index (κ2) is 10.3. The molecule has 4 rings (SSSR count). The number of ether oxygens (including phenoxy) is 1. The number of benzene rings is 2. The van der Waals surface area contributed by atoms with Gasteiger partial charge in [0.15, 0.2) is 5.76 Å². The Balaban J connectivity index is 1.32. The number of rotatable bonds is 7. The van der Waals surface area contributed by atoms with Crippen LogP contribution in [0.15, 0.2) is 79.1 Å². The van der Waals surface area contributed by atoms with Gasteiger partial charge in [-0.15, -0.1) is 0 Å². The molecule has 0 spiro atoms. The van der Waals surface area contributed by atoms with E-state index in [0.29, 0.717) is 26.0 Å². The minimum atomic E-state index is -0.485. The first kappa shape index (κ1) is 23.8. The SMILES string of the molecule is Cc1ccc(C)n1-c1ccc(OCc2ccc(C(=O)N/N=C/c3cc(Br)c(O)c(Br)c3)o2)cc1. The van der Waals surface area contributed by atoms with Crippen LogP contribution in [0.3, 0.4) is 0 Å². The molecule has 7 nitrogen and oxygen atoms in total. The van der Waals surface area contributed by atoms with E-state index in [1.165, 1.54) is 17.6 Å². The van der Waals surface area contributed by atoms with Gasteiger partial charge in [0.2, 0.25) is 0 Å². The van der Waals surface area contributed by atoms with Crippen molar-refractivity contribution in [1.82, 2.24) is 9.99 Å². The number of nitrogens with one attached hydrogen (secondary N) is 1. The summed E-state index contributed by atoms with van der Waals surface area (Å²) in [6.07, 6.45) is 1.46. The fourth-order valence-corrected chi connectivity index (χ4v) is 4.60. The van der Waals surface area contributed by atoms with E-state index in [1.807, 2.05) is 24.3 Å². The molecule has 0 aliphatic rings. The van der Waals surface area contributed by atoms with E-state index < -0.39 is 5.91 Å². The number of phenolic OH excluding ortho intramolecular Hbond substituents is 1. The molecule has 0 saturated heterocycles. The standard InChI is InChI=1S/C25H21Br2N3O4/c1-15-3-4-16(2)30(15)18-5-7-19(8-6-18)33-14-20-9-10-23(34-20)25(32)29-28-13-17-11-21(26)24(31)22(27)12-17/h3-13,31H,14H2,1-2H3,(H,29,32)/b28-13+. The Hall–Kier alpha value is -3.30. The number of aryl methyl sites for hydroxylation is 2. The van der Waals surface area contributed by atoms with Crippen LogP contribution < -0.4 is 10.2 Å². The molecule has 0 aliphatic carbocycles. The molecule has 2 heterocycles. The lowest BCUT2D eigenvalue weighted by atomic mass is 10.2. The molecule has 4 aromatic rings. The van der Waals surface area contributed by atoms with Crippen LogP contribution in [-0.4, -0.2) is 21.8 Å². The molecule has 2 aromatic carbocycles. The van der Waals surface area contributed by atoms with E-state index in [2.05, 4.69) is 72.9 Å². The summed E-state index contributed by atoms with van der Waals surface area (Å²) in [7, 11) is 0. The maximum Gasteiger partial charge on any atom is 0.307 e. The van der Waals surface area contributed by atoms with Crippen LogP contribution in [0.5, 0.6) is 11.5 Å². The minimum Gasteiger partial charge on any atom is -0.506 e. The molecule has 0 bridgehead atoms. The largest absolute Gasteiger partial charge is 0.506 e. The Labute approximate surface area is 213 Å². The summed E-state index contributed by atoms with van der Waals surface area (Å²) in [4.78, 5) is 12.3. The third kappa shape index (κ3) is 5.43. The van der Waals surface area contributed by atoms with Gasteiger partial charge in [0.05, 0.1) is 15.2 Å². The van der Waals surface area contributed by atoms with Gasteiger partial charge in [0, 0.05) is 17.1 Å². The summed E-state index contributed by atoms with van der Waals surface area (Å²) in [5.41, 5.74) is 6.50. The van der Waals surface area contributed by atoms with Gasteiger partial charge in [-0.2, -0.15) is 5.10 Å². The third-order valence-electron chi connectivity index (χ3n) is 5.05. The highest BCUT2D eigenvalue weighted by molar-refractivity contribution is 9.11. The zero-order valence-corrected chi connectivity index (χ0v) is 21.6. The van der Waals surface area contributed by atoms with Crippen LogP contribution in [0.25, 0.3) is 5.69 Å². The molecule has 0 saturated carbocycles. The number of hydrogen-bond donors (Lipinski definition) is 2. The minimum absolute atomic E-state index is 0.0913. The summed E-state index contributed by atoms with van der Waals surface area (Å²) < 4.78 is 14.6. The topological polar surface area (TPSA) is 89.0 Å². The summed E-state index contributed by atoms with van der Waals surface area (Å²) >= 11 is 6.50. The summed E-state index contributed by atoms with van der Waals surface area (Å²) in [6, 6.07) is 18.6. The number of aromatic nitrogens is 1. The normalized spacial score (nSPS) is 11.2. The van der Waals surface area contributed by atoms with Crippen LogP contribution in [0, 0.1) is 13.8 Å². The molecule has 34 heavy (non-hydrogen) atoms. The molecule has 2 N–H and O–H groups in total. The van der Waals surface area contributed by atoms with E-state index in [4.69, 9.17) is 9.15 Å². The van der Waals surface area contributed by atoms with Gasteiger partial charge in [0.1, 0.15) is 23.9 Å². The average Bonchev–Trinajstić information content (AvgIpc) is 3.43. The predicted octanol–water partition coefficient (Wildman–Crippen LogP) is 6.26. The molecule has 9 heteroatoms.